The highest BCUT2D eigenvalue weighted by molar-refractivity contribution is 7.14. The van der Waals surface area contributed by atoms with E-state index in [4.69, 9.17) is 0 Å². The summed E-state index contributed by atoms with van der Waals surface area (Å²) in [5.41, 5.74) is 5.68. The third kappa shape index (κ3) is 13.0. The van der Waals surface area contributed by atoms with Gasteiger partial charge in [-0.3, -0.25) is 14.4 Å². The monoisotopic (exact) mass is 702 g/mol. The standard InChI is InChI=1S/C31H32N4O3S.C4H10.C3H8.2C2H6/c1-18(20(3)36)21-12-14-23(15-13-21)32-29-31(38)35(4)17-26(33-29)24-9-7-10-25(19(24)2)34-30(37)28-16-22-8-5-6-11-27(22)39-28;1-4(2)3;1-3-2;2*1-2/h7,9-10,12-18H,5-6,8,11H2,1-4H3,(H,32,33)(H,34,37);4H,1-3H3;3H2,1-2H3;2*1-2H3. The van der Waals surface area contributed by atoms with Crippen molar-refractivity contribution in [3.8, 4) is 11.3 Å². The first-order valence-corrected chi connectivity index (χ1v) is 19.2. The SMILES string of the molecule is CC.CC.CC(=O)C(C)c1ccc(Nc2nc(-c3cccc(NC(=O)c4cc5c(s4)CCCC5)c3C)cn(C)c2=O)cc1.CC(C)C.CCC. The molecule has 0 fully saturated rings. The molecule has 8 heteroatoms. The van der Waals surface area contributed by atoms with Gasteiger partial charge in [-0.15, -0.1) is 11.3 Å². The van der Waals surface area contributed by atoms with Crippen LogP contribution >= 0.6 is 11.3 Å². The molecule has 50 heavy (non-hydrogen) atoms. The highest BCUT2D eigenvalue weighted by Crippen LogP contribution is 2.32. The predicted molar refractivity (Wildman–Crippen MR) is 217 cm³/mol. The smallest absolute Gasteiger partial charge is 0.293 e. The molecule has 1 atom stereocenters. The van der Waals surface area contributed by atoms with Crippen molar-refractivity contribution in [3.05, 3.63) is 91.5 Å². The van der Waals surface area contributed by atoms with E-state index in [0.717, 1.165) is 40.3 Å². The molecule has 2 heterocycles. The van der Waals surface area contributed by atoms with Crippen LogP contribution < -0.4 is 16.2 Å². The summed E-state index contributed by atoms with van der Waals surface area (Å²) in [5, 5.41) is 6.22. The second-order valence-electron chi connectivity index (χ2n) is 12.6. The number of carbonyl (C=O) groups excluding carboxylic acids is 2. The molecule has 0 radical (unpaired) electrons. The van der Waals surface area contributed by atoms with Crippen LogP contribution in [-0.2, 0) is 24.7 Å². The van der Waals surface area contributed by atoms with E-state index in [9.17, 15) is 14.4 Å². The largest absolute Gasteiger partial charge is 0.336 e. The average Bonchev–Trinajstić information content (AvgIpc) is 3.54. The van der Waals surface area contributed by atoms with Gasteiger partial charge in [0.25, 0.3) is 11.5 Å². The highest BCUT2D eigenvalue weighted by Gasteiger charge is 2.19. The van der Waals surface area contributed by atoms with Gasteiger partial charge in [0.1, 0.15) is 5.78 Å². The first-order chi connectivity index (χ1) is 23.9. The minimum absolute atomic E-state index is 0.0993. The van der Waals surface area contributed by atoms with Gasteiger partial charge in [-0.1, -0.05) is 99.9 Å². The Hall–Kier alpha value is -4.04. The maximum atomic E-state index is 13.1. The molecular formula is C42H62N4O3S. The quantitative estimate of drug-likeness (QED) is 0.200. The summed E-state index contributed by atoms with van der Waals surface area (Å²) in [6, 6.07) is 15.2. The van der Waals surface area contributed by atoms with Crippen LogP contribution in [0.4, 0.5) is 17.2 Å². The molecule has 7 nitrogen and oxygen atoms in total. The molecule has 1 aliphatic rings. The summed E-state index contributed by atoms with van der Waals surface area (Å²) >= 11 is 1.59. The lowest BCUT2D eigenvalue weighted by Crippen LogP contribution is -2.21. The van der Waals surface area contributed by atoms with Crippen LogP contribution in [0.2, 0.25) is 0 Å². The number of rotatable bonds is 7. The molecule has 1 unspecified atom stereocenters. The number of fused-ring (bicyclic) bond motifs is 1. The van der Waals surface area contributed by atoms with Gasteiger partial charge in [0.15, 0.2) is 5.82 Å². The Balaban J connectivity index is 0.00000101. The van der Waals surface area contributed by atoms with Crippen LogP contribution in [0.5, 0.6) is 0 Å². The van der Waals surface area contributed by atoms with Crippen molar-refractivity contribution < 1.29 is 9.59 Å². The number of aryl methyl sites for hydroxylation is 3. The summed E-state index contributed by atoms with van der Waals surface area (Å²) in [4.78, 5) is 44.4. The number of benzene rings is 2. The first kappa shape index (κ1) is 44.0. The Morgan fingerprint density at radius 1 is 0.940 bits per heavy atom. The number of aromatic nitrogens is 2. The lowest BCUT2D eigenvalue weighted by atomic mass is 9.97. The molecule has 0 saturated heterocycles. The van der Waals surface area contributed by atoms with Gasteiger partial charge in [0, 0.05) is 41.0 Å². The summed E-state index contributed by atoms with van der Waals surface area (Å²) in [5.74, 6) is 0.838. The van der Waals surface area contributed by atoms with Gasteiger partial charge in [0.2, 0.25) is 0 Å². The van der Waals surface area contributed by atoms with Crippen molar-refractivity contribution in [1.82, 2.24) is 9.55 Å². The fraction of sp³-hybridized carbons (Fsp3) is 0.476. The summed E-state index contributed by atoms with van der Waals surface area (Å²) < 4.78 is 1.50. The fourth-order valence-corrected chi connectivity index (χ4v) is 6.03. The Kier molecular flexibility index (Phi) is 19.9. The molecule has 1 amide bonds. The van der Waals surface area contributed by atoms with Crippen molar-refractivity contribution in [3.63, 3.8) is 0 Å². The Labute approximate surface area is 306 Å². The minimum Gasteiger partial charge on any atom is -0.336 e. The van der Waals surface area contributed by atoms with E-state index in [-0.39, 0.29) is 29.0 Å². The number of nitrogens with one attached hydrogen (secondary N) is 2. The molecule has 4 aromatic rings. The summed E-state index contributed by atoms with van der Waals surface area (Å²) in [6.07, 6.45) is 7.41. The van der Waals surface area contributed by atoms with Crippen LogP contribution in [-0.4, -0.2) is 21.2 Å². The van der Waals surface area contributed by atoms with Gasteiger partial charge in [-0.25, -0.2) is 4.98 Å². The van der Waals surface area contributed by atoms with Gasteiger partial charge in [-0.2, -0.15) is 0 Å². The number of thiophene rings is 1. The van der Waals surface area contributed by atoms with Gasteiger partial charge in [-0.05, 0) is 86.4 Å². The van der Waals surface area contributed by atoms with E-state index >= 15 is 0 Å². The average molecular weight is 703 g/mol. The van der Waals surface area contributed by atoms with Crippen molar-refractivity contribution in [2.45, 2.75) is 121 Å². The van der Waals surface area contributed by atoms with E-state index in [1.54, 1.807) is 31.5 Å². The number of hydrogen-bond donors (Lipinski definition) is 2. The third-order valence-electron chi connectivity index (χ3n) is 7.43. The molecule has 1 aliphatic carbocycles. The zero-order chi connectivity index (χ0) is 38.0. The number of carbonyl (C=O) groups is 2. The minimum atomic E-state index is -0.260. The van der Waals surface area contributed by atoms with Crippen molar-refractivity contribution in [2.24, 2.45) is 13.0 Å². The van der Waals surface area contributed by atoms with Crippen molar-refractivity contribution in [2.75, 3.05) is 10.6 Å². The van der Waals surface area contributed by atoms with E-state index < -0.39 is 0 Å². The normalized spacial score (nSPS) is 11.8. The molecule has 5 rings (SSSR count). The maximum Gasteiger partial charge on any atom is 0.293 e. The van der Waals surface area contributed by atoms with Crippen LogP contribution in [0.25, 0.3) is 11.3 Å². The van der Waals surface area contributed by atoms with Crippen LogP contribution in [0.15, 0.2) is 59.5 Å². The number of nitrogens with zero attached hydrogens (tertiary/aromatic N) is 2. The topological polar surface area (TPSA) is 93.1 Å². The molecule has 0 saturated carbocycles. The lowest BCUT2D eigenvalue weighted by molar-refractivity contribution is -0.118. The van der Waals surface area contributed by atoms with E-state index in [2.05, 4.69) is 50.2 Å². The first-order valence-electron chi connectivity index (χ1n) is 18.3. The number of Topliss-reactive ketones (excluding diaryl/α,β-unsaturated/α-hetero) is 1. The Morgan fingerprint density at radius 3 is 2.08 bits per heavy atom. The van der Waals surface area contributed by atoms with E-state index in [1.807, 2.05) is 90.1 Å². The van der Waals surface area contributed by atoms with Gasteiger partial charge < -0.3 is 15.2 Å². The Morgan fingerprint density at radius 2 is 1.52 bits per heavy atom. The number of hydrogen-bond acceptors (Lipinski definition) is 6. The second kappa shape index (κ2) is 22.6. The van der Waals surface area contributed by atoms with Gasteiger partial charge >= 0.3 is 0 Å². The van der Waals surface area contributed by atoms with E-state index in [1.165, 1.54) is 34.3 Å². The van der Waals surface area contributed by atoms with E-state index in [0.29, 0.717) is 17.1 Å². The molecule has 2 N–H and O–H groups in total. The summed E-state index contributed by atoms with van der Waals surface area (Å²) in [7, 11) is 1.69. The molecule has 0 bridgehead atoms. The number of ketones is 1. The van der Waals surface area contributed by atoms with Crippen molar-refractivity contribution in [1.29, 1.82) is 0 Å². The highest BCUT2D eigenvalue weighted by atomic mass is 32.1. The Bertz CT molecular complexity index is 1660. The van der Waals surface area contributed by atoms with Crippen molar-refractivity contribution >= 4 is 40.2 Å². The molecule has 0 spiro atoms. The predicted octanol–water partition coefficient (Wildman–Crippen LogP) is 11.5. The number of amides is 1. The van der Waals surface area contributed by atoms with Gasteiger partial charge in [0.05, 0.1) is 10.6 Å². The molecule has 0 aliphatic heterocycles. The maximum absolute atomic E-state index is 13.1. The molecule has 274 valence electrons. The van der Waals surface area contributed by atoms with Crippen LogP contribution in [0, 0.1) is 12.8 Å². The molecule has 2 aromatic carbocycles. The molecule has 2 aromatic heterocycles. The van der Waals surface area contributed by atoms with Crippen LogP contribution in [0.3, 0.4) is 0 Å². The summed E-state index contributed by atoms with van der Waals surface area (Å²) in [6.45, 7) is 24.1. The lowest BCUT2D eigenvalue weighted by Gasteiger charge is -2.14. The second-order valence-corrected chi connectivity index (χ2v) is 13.7. The fourth-order valence-electron chi connectivity index (χ4n) is 4.88. The zero-order valence-electron chi connectivity index (χ0n) is 32.9. The zero-order valence-corrected chi connectivity index (χ0v) is 33.7. The third-order valence-corrected chi connectivity index (χ3v) is 8.67. The number of anilines is 3. The van der Waals surface area contributed by atoms with Crippen LogP contribution in [0.1, 0.15) is 133 Å². The molecular weight excluding hydrogens is 641 g/mol.